The summed E-state index contributed by atoms with van der Waals surface area (Å²) in [5.41, 5.74) is 0. The van der Waals surface area contributed by atoms with Crippen LogP contribution in [0.3, 0.4) is 0 Å². The van der Waals surface area contributed by atoms with Gasteiger partial charge in [0, 0.05) is 11.8 Å². The Kier molecular flexibility index (Phi) is 0.618. The fourth-order valence-electron chi connectivity index (χ4n) is 2.77. The molecule has 0 aromatic heterocycles. The van der Waals surface area contributed by atoms with Crippen LogP contribution in [0, 0.1) is 23.7 Å². The third kappa shape index (κ3) is 0.354. The van der Waals surface area contributed by atoms with E-state index in [2.05, 4.69) is 0 Å². The molecular formula is C8H8F2. The molecule has 0 spiro atoms. The van der Waals surface area contributed by atoms with E-state index >= 15 is 0 Å². The molecule has 4 atom stereocenters. The molecule has 0 aliphatic heterocycles. The average molecular weight is 142 g/mol. The largest absolute Gasteiger partial charge is 0.255 e. The van der Waals surface area contributed by atoms with Crippen molar-refractivity contribution in [1.82, 2.24) is 0 Å². The second-order valence-electron chi connectivity index (χ2n) is 3.67. The highest BCUT2D eigenvalue weighted by atomic mass is 19.3. The number of fused-ring (bicyclic) bond motifs is 5. The monoisotopic (exact) mass is 142 g/mol. The molecule has 3 aliphatic carbocycles. The SMILES string of the molecule is FC1(F)[C@@H]2[C@H]1[C@H]1C=C[C@@H]2C1. The Bertz CT molecular complexity index is 199. The lowest BCUT2D eigenvalue weighted by molar-refractivity contribution is 0.0605. The number of alkyl halides is 2. The van der Waals surface area contributed by atoms with Crippen LogP contribution in [0.5, 0.6) is 0 Å². The van der Waals surface area contributed by atoms with Crippen molar-refractivity contribution >= 4 is 0 Å². The summed E-state index contributed by atoms with van der Waals surface area (Å²) < 4.78 is 25.5. The summed E-state index contributed by atoms with van der Waals surface area (Å²) in [4.78, 5) is 0. The van der Waals surface area contributed by atoms with E-state index in [-0.39, 0.29) is 23.7 Å². The van der Waals surface area contributed by atoms with Gasteiger partial charge in [-0.05, 0) is 18.3 Å². The summed E-state index contributed by atoms with van der Waals surface area (Å²) in [6.45, 7) is 0. The first-order valence-corrected chi connectivity index (χ1v) is 3.77. The van der Waals surface area contributed by atoms with Crippen molar-refractivity contribution in [1.29, 1.82) is 0 Å². The molecule has 0 N–H and O–H groups in total. The van der Waals surface area contributed by atoms with Crippen LogP contribution in [0.15, 0.2) is 12.2 Å². The van der Waals surface area contributed by atoms with Gasteiger partial charge in [-0.1, -0.05) is 12.2 Å². The summed E-state index contributed by atoms with van der Waals surface area (Å²) in [5, 5.41) is 0. The molecule has 0 radical (unpaired) electrons. The van der Waals surface area contributed by atoms with E-state index in [4.69, 9.17) is 0 Å². The van der Waals surface area contributed by atoms with Gasteiger partial charge in [-0.25, -0.2) is 8.78 Å². The Morgan fingerprint density at radius 1 is 1.10 bits per heavy atom. The molecule has 54 valence electrons. The van der Waals surface area contributed by atoms with Gasteiger partial charge in [-0.15, -0.1) is 0 Å². The molecule has 3 aliphatic rings. The fraction of sp³-hybridized carbons (Fsp3) is 0.750. The highest BCUT2D eigenvalue weighted by Crippen LogP contribution is 2.71. The van der Waals surface area contributed by atoms with E-state index in [0.717, 1.165) is 6.42 Å². The van der Waals surface area contributed by atoms with Gasteiger partial charge in [-0.3, -0.25) is 0 Å². The molecule has 0 aromatic carbocycles. The van der Waals surface area contributed by atoms with E-state index in [0.29, 0.717) is 0 Å². The smallest absolute Gasteiger partial charge is 0.206 e. The fourth-order valence-corrected chi connectivity index (χ4v) is 2.77. The minimum Gasteiger partial charge on any atom is -0.206 e. The maximum Gasteiger partial charge on any atom is 0.255 e. The molecule has 0 unspecified atom stereocenters. The number of hydrogen-bond donors (Lipinski definition) is 0. The van der Waals surface area contributed by atoms with E-state index < -0.39 is 5.92 Å². The molecule has 10 heavy (non-hydrogen) atoms. The first-order valence-electron chi connectivity index (χ1n) is 3.77. The summed E-state index contributed by atoms with van der Waals surface area (Å²) in [7, 11) is 0. The lowest BCUT2D eigenvalue weighted by Gasteiger charge is -2.06. The van der Waals surface area contributed by atoms with Crippen molar-refractivity contribution in [3.8, 4) is 0 Å². The standard InChI is InChI=1S/C8H8F2/c9-8(10)6-4-1-2-5(3-4)7(6)8/h1-2,4-7H,3H2/t4-,5+,6+,7-. The van der Waals surface area contributed by atoms with E-state index in [1.165, 1.54) is 0 Å². The zero-order chi connectivity index (χ0) is 6.93. The van der Waals surface area contributed by atoms with Crippen LogP contribution >= 0.6 is 0 Å². The molecule has 0 saturated heterocycles. The highest BCUT2D eigenvalue weighted by molar-refractivity contribution is 5.27. The molecule has 2 fully saturated rings. The van der Waals surface area contributed by atoms with Gasteiger partial charge < -0.3 is 0 Å². The normalized spacial score (nSPS) is 59.0. The summed E-state index contributed by atoms with van der Waals surface area (Å²) in [5.74, 6) is -2.36. The Morgan fingerprint density at radius 2 is 1.60 bits per heavy atom. The van der Waals surface area contributed by atoms with Crippen molar-refractivity contribution in [3.63, 3.8) is 0 Å². The van der Waals surface area contributed by atoms with Crippen LogP contribution in [0.25, 0.3) is 0 Å². The van der Waals surface area contributed by atoms with E-state index in [1.807, 2.05) is 12.2 Å². The minimum absolute atomic E-state index is 0.227. The molecular weight excluding hydrogens is 134 g/mol. The van der Waals surface area contributed by atoms with Crippen molar-refractivity contribution < 1.29 is 8.78 Å². The highest BCUT2D eigenvalue weighted by Gasteiger charge is 2.76. The molecule has 0 nitrogen and oxygen atoms in total. The van der Waals surface area contributed by atoms with Crippen LogP contribution in [-0.2, 0) is 0 Å². The Labute approximate surface area is 57.9 Å². The van der Waals surface area contributed by atoms with Gasteiger partial charge in [0.05, 0.1) is 0 Å². The predicted octanol–water partition coefficient (Wildman–Crippen LogP) is 2.07. The topological polar surface area (TPSA) is 0 Å². The Morgan fingerprint density at radius 3 is 2.00 bits per heavy atom. The van der Waals surface area contributed by atoms with E-state index in [1.54, 1.807) is 0 Å². The van der Waals surface area contributed by atoms with Crippen LogP contribution in [0.4, 0.5) is 8.78 Å². The van der Waals surface area contributed by atoms with Gasteiger partial charge in [-0.2, -0.15) is 0 Å². The van der Waals surface area contributed by atoms with Crippen LogP contribution in [-0.4, -0.2) is 5.92 Å². The number of allylic oxidation sites excluding steroid dienone is 2. The van der Waals surface area contributed by atoms with Crippen LogP contribution in [0.1, 0.15) is 6.42 Å². The number of halogens is 2. The summed E-state index contributed by atoms with van der Waals surface area (Å²) in [6.07, 6.45) is 4.96. The zero-order valence-electron chi connectivity index (χ0n) is 5.43. The minimum atomic E-state index is -2.29. The third-order valence-corrected chi connectivity index (χ3v) is 3.24. The first kappa shape index (κ1) is 5.28. The van der Waals surface area contributed by atoms with Crippen LogP contribution in [0.2, 0.25) is 0 Å². The second kappa shape index (κ2) is 1.17. The molecule has 2 bridgehead atoms. The van der Waals surface area contributed by atoms with Crippen molar-refractivity contribution in [3.05, 3.63) is 12.2 Å². The van der Waals surface area contributed by atoms with Gasteiger partial charge in [0.2, 0.25) is 0 Å². The molecule has 2 saturated carbocycles. The molecule has 2 heteroatoms. The molecule has 0 aromatic rings. The zero-order valence-corrected chi connectivity index (χ0v) is 5.43. The van der Waals surface area contributed by atoms with Gasteiger partial charge in [0.15, 0.2) is 0 Å². The maximum absolute atomic E-state index is 12.7. The van der Waals surface area contributed by atoms with Gasteiger partial charge in [0.1, 0.15) is 0 Å². The van der Waals surface area contributed by atoms with Crippen molar-refractivity contribution in [2.45, 2.75) is 12.3 Å². The van der Waals surface area contributed by atoms with Crippen molar-refractivity contribution in [2.75, 3.05) is 0 Å². The lowest BCUT2D eigenvalue weighted by Crippen LogP contribution is -2.07. The summed E-state index contributed by atoms with van der Waals surface area (Å²) in [6, 6.07) is 0. The average Bonchev–Trinajstić information content (AvgIpc) is 2.37. The summed E-state index contributed by atoms with van der Waals surface area (Å²) >= 11 is 0. The Hall–Kier alpha value is -0.400. The number of rotatable bonds is 0. The van der Waals surface area contributed by atoms with Gasteiger partial charge >= 0.3 is 0 Å². The second-order valence-corrected chi connectivity index (χ2v) is 3.67. The quantitative estimate of drug-likeness (QED) is 0.454. The van der Waals surface area contributed by atoms with Crippen molar-refractivity contribution in [2.24, 2.45) is 23.7 Å². The Balaban J connectivity index is 2.02. The van der Waals surface area contributed by atoms with Crippen LogP contribution < -0.4 is 0 Å². The third-order valence-electron chi connectivity index (χ3n) is 3.24. The predicted molar refractivity (Wildman–Crippen MR) is 32.7 cm³/mol. The molecule has 0 heterocycles. The first-order chi connectivity index (χ1) is 4.71. The molecule has 0 amide bonds. The molecule has 3 rings (SSSR count). The lowest BCUT2D eigenvalue weighted by atomic mass is 10.1. The van der Waals surface area contributed by atoms with E-state index in [9.17, 15) is 8.78 Å². The van der Waals surface area contributed by atoms with Gasteiger partial charge in [0.25, 0.3) is 5.92 Å². The number of hydrogen-bond acceptors (Lipinski definition) is 0. The maximum atomic E-state index is 12.7.